The van der Waals surface area contributed by atoms with Gasteiger partial charge in [-0.05, 0) is 52.4 Å². The number of rotatable bonds is 2. The maximum atomic E-state index is 10.9. The first kappa shape index (κ1) is 9.71. The Labute approximate surface area is 91.8 Å². The number of benzene rings is 1. The summed E-state index contributed by atoms with van der Waals surface area (Å²) in [7, 11) is 0. The fraction of sp³-hybridized carbons (Fsp3) is 0.364. The molecule has 74 valence electrons. The van der Waals surface area contributed by atoms with E-state index >= 15 is 0 Å². The van der Waals surface area contributed by atoms with Gasteiger partial charge in [0.2, 0.25) is 5.91 Å². The topological polar surface area (TPSA) is 29.1 Å². The van der Waals surface area contributed by atoms with E-state index in [0.717, 1.165) is 16.1 Å². The Morgan fingerprint density at radius 2 is 2.21 bits per heavy atom. The molecule has 1 N–H and O–H groups in total. The number of nitrogens with one attached hydrogen (secondary N) is 1. The molecule has 1 amide bonds. The van der Waals surface area contributed by atoms with Crippen molar-refractivity contribution in [2.75, 3.05) is 5.32 Å². The molecule has 14 heavy (non-hydrogen) atoms. The third-order valence-corrected chi connectivity index (χ3v) is 3.01. The quantitative estimate of drug-likeness (QED) is 0.862. The van der Waals surface area contributed by atoms with Crippen LogP contribution in [-0.2, 0) is 4.79 Å². The minimum absolute atomic E-state index is 0.0372. The Kier molecular flexibility index (Phi) is 2.59. The average Bonchev–Trinajstić information content (AvgIpc) is 2.90. The van der Waals surface area contributed by atoms with Crippen molar-refractivity contribution < 1.29 is 4.79 Å². The summed E-state index contributed by atoms with van der Waals surface area (Å²) in [4.78, 5) is 10.9. The summed E-state index contributed by atoms with van der Waals surface area (Å²) in [6.07, 6.45) is 2.60. The van der Waals surface area contributed by atoms with Crippen LogP contribution in [0.2, 0.25) is 0 Å². The van der Waals surface area contributed by atoms with Gasteiger partial charge in [0.1, 0.15) is 0 Å². The fourth-order valence-corrected chi connectivity index (χ4v) is 1.99. The third kappa shape index (κ3) is 2.15. The molecule has 1 aliphatic rings. The van der Waals surface area contributed by atoms with Gasteiger partial charge in [-0.2, -0.15) is 0 Å². The average molecular weight is 254 g/mol. The van der Waals surface area contributed by atoms with E-state index in [9.17, 15) is 4.79 Å². The second kappa shape index (κ2) is 3.73. The van der Waals surface area contributed by atoms with Gasteiger partial charge >= 0.3 is 0 Å². The molecule has 0 saturated heterocycles. The first-order valence-corrected chi connectivity index (χ1v) is 5.53. The molecular weight excluding hydrogens is 242 g/mol. The molecule has 2 nitrogen and oxygen atoms in total. The van der Waals surface area contributed by atoms with Crippen molar-refractivity contribution in [2.45, 2.75) is 25.7 Å². The minimum Gasteiger partial charge on any atom is -0.325 e. The molecule has 0 atom stereocenters. The van der Waals surface area contributed by atoms with Crippen molar-refractivity contribution in [1.29, 1.82) is 0 Å². The molecule has 0 aliphatic heterocycles. The zero-order valence-corrected chi connectivity index (χ0v) is 9.60. The Morgan fingerprint density at radius 1 is 1.50 bits per heavy atom. The van der Waals surface area contributed by atoms with Gasteiger partial charge < -0.3 is 5.32 Å². The summed E-state index contributed by atoms with van der Waals surface area (Å²) >= 11 is 3.46. The summed E-state index contributed by atoms with van der Waals surface area (Å²) in [5.74, 6) is 0.711. The van der Waals surface area contributed by atoms with Crippen LogP contribution >= 0.6 is 15.9 Å². The predicted octanol–water partition coefficient (Wildman–Crippen LogP) is 3.28. The standard InChI is InChI=1S/C11H12BrNO/c1-7(14)13-11-5-4-9(6-10(11)12)8-2-3-8/h4-6,8H,2-3H2,1H3,(H,13,14). The third-order valence-electron chi connectivity index (χ3n) is 2.35. The van der Waals surface area contributed by atoms with Crippen LogP contribution in [0, 0.1) is 0 Å². The van der Waals surface area contributed by atoms with Gasteiger partial charge in [0.25, 0.3) is 0 Å². The van der Waals surface area contributed by atoms with E-state index in [-0.39, 0.29) is 5.91 Å². The van der Waals surface area contributed by atoms with Gasteiger partial charge in [-0.15, -0.1) is 0 Å². The second-order valence-corrected chi connectivity index (χ2v) is 4.55. The lowest BCUT2D eigenvalue weighted by Gasteiger charge is -2.06. The van der Waals surface area contributed by atoms with Crippen molar-refractivity contribution in [2.24, 2.45) is 0 Å². The second-order valence-electron chi connectivity index (χ2n) is 3.69. The largest absolute Gasteiger partial charge is 0.325 e. The fourth-order valence-electron chi connectivity index (χ4n) is 1.49. The normalized spacial score (nSPS) is 15.3. The van der Waals surface area contributed by atoms with E-state index in [1.807, 2.05) is 6.07 Å². The zero-order valence-electron chi connectivity index (χ0n) is 8.01. The first-order valence-electron chi connectivity index (χ1n) is 4.74. The van der Waals surface area contributed by atoms with Crippen molar-refractivity contribution in [3.63, 3.8) is 0 Å². The lowest BCUT2D eigenvalue weighted by Crippen LogP contribution is -2.06. The molecule has 0 heterocycles. The minimum atomic E-state index is -0.0372. The molecule has 0 aromatic heterocycles. The summed E-state index contributed by atoms with van der Waals surface area (Å²) in [5.41, 5.74) is 2.22. The molecule has 1 saturated carbocycles. The molecule has 0 unspecified atom stereocenters. The summed E-state index contributed by atoms with van der Waals surface area (Å²) < 4.78 is 0.970. The number of hydrogen-bond acceptors (Lipinski definition) is 1. The van der Waals surface area contributed by atoms with E-state index in [4.69, 9.17) is 0 Å². The highest BCUT2D eigenvalue weighted by atomic mass is 79.9. The molecule has 2 rings (SSSR count). The van der Waals surface area contributed by atoms with Crippen LogP contribution in [-0.4, -0.2) is 5.91 Å². The van der Waals surface area contributed by atoms with Gasteiger partial charge in [0.15, 0.2) is 0 Å². The SMILES string of the molecule is CC(=O)Nc1ccc(C2CC2)cc1Br. The van der Waals surface area contributed by atoms with Crippen LogP contribution in [0.1, 0.15) is 31.2 Å². The maximum absolute atomic E-state index is 10.9. The predicted molar refractivity (Wildman–Crippen MR) is 60.4 cm³/mol. The summed E-state index contributed by atoms with van der Waals surface area (Å²) in [6.45, 7) is 1.52. The molecule has 0 spiro atoms. The Morgan fingerprint density at radius 3 is 2.71 bits per heavy atom. The van der Waals surface area contributed by atoms with Crippen molar-refractivity contribution in [1.82, 2.24) is 0 Å². The van der Waals surface area contributed by atoms with Crippen molar-refractivity contribution in [3.8, 4) is 0 Å². The van der Waals surface area contributed by atoms with Crippen LogP contribution in [0.3, 0.4) is 0 Å². The highest BCUT2D eigenvalue weighted by Gasteiger charge is 2.23. The van der Waals surface area contributed by atoms with Crippen molar-refractivity contribution >= 4 is 27.5 Å². The lowest BCUT2D eigenvalue weighted by molar-refractivity contribution is -0.114. The van der Waals surface area contributed by atoms with E-state index < -0.39 is 0 Å². The number of hydrogen-bond donors (Lipinski definition) is 1. The van der Waals surface area contributed by atoms with Gasteiger partial charge in [0, 0.05) is 11.4 Å². The molecule has 1 aliphatic carbocycles. The number of amides is 1. The number of carbonyl (C=O) groups is 1. The van der Waals surface area contributed by atoms with Crippen LogP contribution < -0.4 is 5.32 Å². The van der Waals surface area contributed by atoms with Gasteiger partial charge in [-0.1, -0.05) is 6.07 Å². The van der Waals surface area contributed by atoms with Crippen LogP contribution in [0.4, 0.5) is 5.69 Å². The molecule has 0 bridgehead atoms. The van der Waals surface area contributed by atoms with Gasteiger partial charge in [-0.25, -0.2) is 0 Å². The van der Waals surface area contributed by atoms with E-state index in [2.05, 4.69) is 33.4 Å². The highest BCUT2D eigenvalue weighted by molar-refractivity contribution is 9.10. The number of halogens is 1. The Bertz CT molecular complexity index is 372. The lowest BCUT2D eigenvalue weighted by atomic mass is 10.1. The first-order chi connectivity index (χ1) is 6.66. The van der Waals surface area contributed by atoms with E-state index in [1.165, 1.54) is 25.3 Å². The van der Waals surface area contributed by atoms with E-state index in [1.54, 1.807) is 0 Å². The highest BCUT2D eigenvalue weighted by Crippen LogP contribution is 2.41. The molecule has 3 heteroatoms. The Hall–Kier alpha value is -0.830. The van der Waals surface area contributed by atoms with Crippen LogP contribution in [0.25, 0.3) is 0 Å². The van der Waals surface area contributed by atoms with Gasteiger partial charge in [0.05, 0.1) is 5.69 Å². The van der Waals surface area contributed by atoms with Gasteiger partial charge in [-0.3, -0.25) is 4.79 Å². The number of anilines is 1. The smallest absolute Gasteiger partial charge is 0.221 e. The molecule has 1 fully saturated rings. The number of carbonyl (C=O) groups excluding carboxylic acids is 1. The molecular formula is C11H12BrNO. The maximum Gasteiger partial charge on any atom is 0.221 e. The summed E-state index contributed by atoms with van der Waals surface area (Å²) in [5, 5.41) is 2.77. The monoisotopic (exact) mass is 253 g/mol. The molecule has 0 radical (unpaired) electrons. The molecule has 1 aromatic carbocycles. The van der Waals surface area contributed by atoms with E-state index in [0.29, 0.717) is 0 Å². The van der Waals surface area contributed by atoms with Crippen molar-refractivity contribution in [3.05, 3.63) is 28.2 Å². The van der Waals surface area contributed by atoms with Crippen LogP contribution in [0.5, 0.6) is 0 Å². The molecule has 1 aromatic rings. The Balaban J connectivity index is 2.21. The summed E-state index contributed by atoms with van der Waals surface area (Å²) in [6, 6.07) is 6.15. The van der Waals surface area contributed by atoms with Crippen LogP contribution in [0.15, 0.2) is 22.7 Å². The zero-order chi connectivity index (χ0) is 10.1.